The zero-order valence-electron chi connectivity index (χ0n) is 12.0. The van der Waals surface area contributed by atoms with Crippen molar-refractivity contribution in [2.45, 2.75) is 51.6 Å². The maximum atomic E-state index is 12.5. The molecule has 0 spiro atoms. The molecule has 114 valence electrons. The first-order valence-electron chi connectivity index (χ1n) is 6.91. The van der Waals surface area contributed by atoms with Crippen molar-refractivity contribution in [2.75, 3.05) is 6.54 Å². The molecular weight excluding hydrogens is 262 g/mol. The second kappa shape index (κ2) is 7.12. The summed E-state index contributed by atoms with van der Waals surface area (Å²) in [5.41, 5.74) is 5.10. The number of primary amides is 1. The third-order valence-corrected chi connectivity index (χ3v) is 3.55. The molecule has 7 heteroatoms. The molecule has 7 nitrogen and oxygen atoms in total. The van der Waals surface area contributed by atoms with E-state index < -0.39 is 18.0 Å². The second-order valence-corrected chi connectivity index (χ2v) is 5.51. The number of aliphatic carboxylic acids is 1. The van der Waals surface area contributed by atoms with Gasteiger partial charge in [0.15, 0.2) is 0 Å². The summed E-state index contributed by atoms with van der Waals surface area (Å²) in [5.74, 6) is -1.27. The van der Waals surface area contributed by atoms with Gasteiger partial charge >= 0.3 is 12.0 Å². The van der Waals surface area contributed by atoms with E-state index in [9.17, 15) is 14.4 Å². The van der Waals surface area contributed by atoms with Gasteiger partial charge in [0.25, 0.3) is 0 Å². The van der Waals surface area contributed by atoms with Crippen LogP contribution < -0.4 is 11.1 Å². The molecule has 0 radical (unpaired) electrons. The lowest BCUT2D eigenvalue weighted by Gasteiger charge is -2.38. The third-order valence-electron chi connectivity index (χ3n) is 3.55. The summed E-state index contributed by atoms with van der Waals surface area (Å²) < 4.78 is 0. The van der Waals surface area contributed by atoms with Crippen molar-refractivity contribution in [3.8, 4) is 0 Å². The van der Waals surface area contributed by atoms with E-state index >= 15 is 0 Å². The van der Waals surface area contributed by atoms with E-state index in [2.05, 4.69) is 5.32 Å². The highest BCUT2D eigenvalue weighted by Crippen LogP contribution is 2.22. The minimum atomic E-state index is -0.918. The van der Waals surface area contributed by atoms with Gasteiger partial charge in [-0.25, -0.2) is 4.79 Å². The third kappa shape index (κ3) is 4.40. The Bertz CT molecular complexity index is 384. The van der Waals surface area contributed by atoms with Gasteiger partial charge in [-0.15, -0.1) is 0 Å². The molecular formula is C13H23N3O4. The molecule has 1 heterocycles. The van der Waals surface area contributed by atoms with Crippen LogP contribution in [0.2, 0.25) is 0 Å². The highest BCUT2D eigenvalue weighted by molar-refractivity contribution is 5.87. The Morgan fingerprint density at radius 1 is 1.35 bits per heavy atom. The van der Waals surface area contributed by atoms with Gasteiger partial charge in [0.05, 0.1) is 6.42 Å². The Hall–Kier alpha value is -1.79. The predicted octanol–water partition coefficient (Wildman–Crippen LogP) is 0.535. The van der Waals surface area contributed by atoms with Gasteiger partial charge in [-0.1, -0.05) is 13.8 Å². The van der Waals surface area contributed by atoms with E-state index in [0.717, 1.165) is 12.8 Å². The van der Waals surface area contributed by atoms with Gasteiger partial charge in [-0.3, -0.25) is 9.59 Å². The summed E-state index contributed by atoms with van der Waals surface area (Å²) in [4.78, 5) is 36.0. The Kier molecular flexibility index (Phi) is 5.79. The van der Waals surface area contributed by atoms with Crippen molar-refractivity contribution < 1.29 is 19.5 Å². The Labute approximate surface area is 118 Å². The predicted molar refractivity (Wildman–Crippen MR) is 72.9 cm³/mol. The van der Waals surface area contributed by atoms with Gasteiger partial charge < -0.3 is 21.1 Å². The molecule has 0 saturated carbocycles. The molecule has 0 aromatic rings. The van der Waals surface area contributed by atoms with Crippen LogP contribution in [-0.2, 0) is 9.59 Å². The molecule has 0 aliphatic carbocycles. The molecule has 3 amide bonds. The first kappa shape index (κ1) is 16.3. The molecule has 1 rings (SSSR count). The zero-order valence-corrected chi connectivity index (χ0v) is 12.0. The number of carbonyl (C=O) groups excluding carboxylic acids is 2. The maximum absolute atomic E-state index is 12.5. The topological polar surface area (TPSA) is 113 Å². The molecule has 4 N–H and O–H groups in total. The van der Waals surface area contributed by atoms with Crippen molar-refractivity contribution >= 4 is 17.9 Å². The number of rotatable bonds is 5. The largest absolute Gasteiger partial charge is 0.481 e. The molecule has 20 heavy (non-hydrogen) atoms. The molecule has 0 aromatic heterocycles. The number of likely N-dealkylation sites (tertiary alicyclic amines) is 1. The first-order chi connectivity index (χ1) is 9.32. The average Bonchev–Trinajstić information content (AvgIpc) is 2.34. The minimum absolute atomic E-state index is 0.0624. The number of carboxylic acid groups (broad SMARTS) is 1. The molecule has 1 fully saturated rings. The Morgan fingerprint density at radius 3 is 2.50 bits per heavy atom. The summed E-state index contributed by atoms with van der Waals surface area (Å²) in [6, 6.07) is -1.75. The van der Waals surface area contributed by atoms with Crippen molar-refractivity contribution in [1.29, 1.82) is 0 Å². The van der Waals surface area contributed by atoms with E-state index in [1.165, 1.54) is 0 Å². The van der Waals surface area contributed by atoms with Crippen LogP contribution in [0.1, 0.15) is 39.5 Å². The SMILES string of the molecule is CC(C)C(NC(N)=O)C(=O)N1CCCCC1CC(=O)O. The van der Waals surface area contributed by atoms with Crippen LogP contribution in [-0.4, -0.2) is 46.5 Å². The van der Waals surface area contributed by atoms with Crippen LogP contribution >= 0.6 is 0 Å². The fourth-order valence-electron chi connectivity index (χ4n) is 2.55. The van der Waals surface area contributed by atoms with Gasteiger partial charge in [0.1, 0.15) is 6.04 Å². The number of nitrogens with two attached hydrogens (primary N) is 1. The average molecular weight is 285 g/mol. The standard InChI is InChI=1S/C13H23N3O4/c1-8(2)11(15-13(14)20)12(19)16-6-4-3-5-9(16)7-10(17)18/h8-9,11H,3-7H2,1-2H3,(H,17,18)(H3,14,15,20). The van der Waals surface area contributed by atoms with Crippen LogP contribution in [0.3, 0.4) is 0 Å². The van der Waals surface area contributed by atoms with Gasteiger partial charge in [-0.2, -0.15) is 0 Å². The lowest BCUT2D eigenvalue weighted by Crippen LogP contribution is -2.56. The number of nitrogens with one attached hydrogen (secondary N) is 1. The number of urea groups is 1. The van der Waals surface area contributed by atoms with Crippen LogP contribution in [0, 0.1) is 5.92 Å². The maximum Gasteiger partial charge on any atom is 0.312 e. The lowest BCUT2D eigenvalue weighted by atomic mass is 9.95. The number of hydrogen-bond acceptors (Lipinski definition) is 3. The van der Waals surface area contributed by atoms with Gasteiger partial charge in [0.2, 0.25) is 5.91 Å². The molecule has 1 aliphatic rings. The summed E-state index contributed by atoms with van der Waals surface area (Å²) in [6.07, 6.45) is 2.38. The van der Waals surface area contributed by atoms with E-state index in [1.807, 2.05) is 13.8 Å². The van der Waals surface area contributed by atoms with E-state index in [1.54, 1.807) is 4.90 Å². The van der Waals surface area contributed by atoms with Crippen LogP contribution in [0.4, 0.5) is 4.79 Å². The van der Waals surface area contributed by atoms with Crippen LogP contribution in [0.25, 0.3) is 0 Å². The van der Waals surface area contributed by atoms with E-state index in [-0.39, 0.29) is 24.3 Å². The lowest BCUT2D eigenvalue weighted by molar-refractivity contribution is -0.143. The highest BCUT2D eigenvalue weighted by atomic mass is 16.4. The Balaban J connectivity index is 2.83. The van der Waals surface area contributed by atoms with Crippen molar-refractivity contribution in [2.24, 2.45) is 11.7 Å². The molecule has 0 aromatic carbocycles. The summed E-state index contributed by atoms with van der Waals surface area (Å²) in [7, 11) is 0. The molecule has 1 saturated heterocycles. The van der Waals surface area contributed by atoms with Gasteiger partial charge in [0, 0.05) is 12.6 Å². The zero-order chi connectivity index (χ0) is 15.3. The van der Waals surface area contributed by atoms with Crippen molar-refractivity contribution in [3.63, 3.8) is 0 Å². The second-order valence-electron chi connectivity index (χ2n) is 5.51. The Morgan fingerprint density at radius 2 is 2.00 bits per heavy atom. The first-order valence-corrected chi connectivity index (χ1v) is 6.91. The molecule has 1 aliphatic heterocycles. The van der Waals surface area contributed by atoms with Crippen LogP contribution in [0.5, 0.6) is 0 Å². The van der Waals surface area contributed by atoms with Crippen LogP contribution in [0.15, 0.2) is 0 Å². The van der Waals surface area contributed by atoms with Crippen molar-refractivity contribution in [1.82, 2.24) is 10.2 Å². The summed E-state index contributed by atoms with van der Waals surface area (Å²) >= 11 is 0. The summed E-state index contributed by atoms with van der Waals surface area (Å²) in [6.45, 7) is 4.16. The van der Waals surface area contributed by atoms with E-state index in [0.29, 0.717) is 13.0 Å². The number of carboxylic acids is 1. The van der Waals surface area contributed by atoms with Crippen molar-refractivity contribution in [3.05, 3.63) is 0 Å². The van der Waals surface area contributed by atoms with E-state index in [4.69, 9.17) is 10.8 Å². The number of carbonyl (C=O) groups is 3. The smallest absolute Gasteiger partial charge is 0.312 e. The molecule has 0 bridgehead atoms. The normalized spacial score (nSPS) is 20.6. The highest BCUT2D eigenvalue weighted by Gasteiger charge is 2.34. The monoisotopic (exact) mass is 285 g/mol. The summed E-state index contributed by atoms with van der Waals surface area (Å²) in [5, 5.41) is 11.4. The molecule has 2 unspecified atom stereocenters. The van der Waals surface area contributed by atoms with Gasteiger partial charge in [-0.05, 0) is 25.2 Å². The number of hydrogen-bond donors (Lipinski definition) is 3. The minimum Gasteiger partial charge on any atom is -0.481 e. The fourth-order valence-corrected chi connectivity index (χ4v) is 2.55. The molecule has 2 atom stereocenters. The number of piperidine rings is 1. The number of nitrogens with zero attached hydrogens (tertiary/aromatic N) is 1. The quantitative estimate of drug-likeness (QED) is 0.684. The number of amides is 3. The fraction of sp³-hybridized carbons (Fsp3) is 0.769.